The second-order valence-corrected chi connectivity index (χ2v) is 7.16. The van der Waals surface area contributed by atoms with Gasteiger partial charge in [0.05, 0.1) is 10.9 Å². The van der Waals surface area contributed by atoms with E-state index in [0.717, 1.165) is 32.1 Å². The Bertz CT molecular complexity index is 342. The van der Waals surface area contributed by atoms with Gasteiger partial charge in [-0.2, -0.15) is 0 Å². The highest BCUT2D eigenvalue weighted by molar-refractivity contribution is 7.80. The van der Waals surface area contributed by atoms with E-state index in [4.69, 9.17) is 18.0 Å². The van der Waals surface area contributed by atoms with Crippen molar-refractivity contribution in [1.29, 1.82) is 0 Å². The molecule has 0 aromatic carbocycles. The summed E-state index contributed by atoms with van der Waals surface area (Å²) in [5.74, 6) is -0.0485. The molecule has 0 aromatic heterocycles. The van der Waals surface area contributed by atoms with E-state index >= 15 is 0 Å². The first kappa shape index (κ1) is 16.7. The Morgan fingerprint density at radius 3 is 1.81 bits per heavy atom. The molecule has 2 N–H and O–H groups in total. The van der Waals surface area contributed by atoms with Crippen LogP contribution in [0.15, 0.2) is 0 Å². The Hall–Kier alpha value is -0.640. The molecule has 3 nitrogen and oxygen atoms in total. The van der Waals surface area contributed by atoms with Crippen LogP contribution in [0.4, 0.5) is 0 Å². The zero-order valence-corrected chi connectivity index (χ0v) is 14.2. The molecule has 4 heteroatoms. The van der Waals surface area contributed by atoms with Gasteiger partial charge in [0.1, 0.15) is 0 Å². The molecule has 0 saturated heterocycles. The van der Waals surface area contributed by atoms with Crippen molar-refractivity contribution >= 4 is 23.1 Å². The summed E-state index contributed by atoms with van der Waals surface area (Å²) < 4.78 is 0. The van der Waals surface area contributed by atoms with Crippen LogP contribution in [-0.4, -0.2) is 27.9 Å². The van der Waals surface area contributed by atoms with Gasteiger partial charge < -0.3 is 10.6 Å². The number of nitrogens with two attached hydrogens (primary N) is 1. The van der Waals surface area contributed by atoms with E-state index in [-0.39, 0.29) is 11.8 Å². The van der Waals surface area contributed by atoms with Gasteiger partial charge in [0, 0.05) is 12.1 Å². The van der Waals surface area contributed by atoms with Crippen LogP contribution in [0.2, 0.25) is 0 Å². The van der Waals surface area contributed by atoms with Gasteiger partial charge in [0.25, 0.3) is 0 Å². The molecule has 2 aliphatic carbocycles. The lowest BCUT2D eigenvalue weighted by Crippen LogP contribution is -2.52. The van der Waals surface area contributed by atoms with Crippen LogP contribution in [0.1, 0.15) is 77.6 Å². The maximum Gasteiger partial charge on any atom is 0.232 e. The molecule has 2 aliphatic rings. The molecule has 1 unspecified atom stereocenters. The fraction of sp³-hybridized carbons (Fsp3) is 0.882. The third kappa shape index (κ3) is 4.18. The van der Waals surface area contributed by atoms with Gasteiger partial charge in [-0.15, -0.1) is 0 Å². The van der Waals surface area contributed by atoms with E-state index in [1.54, 1.807) is 0 Å². The largest absolute Gasteiger partial charge is 0.393 e. The lowest BCUT2D eigenvalue weighted by atomic mass is 9.87. The number of carbonyl (C=O) groups excluding carboxylic acids is 1. The number of thiocarbonyl (C=S) groups is 1. The molecule has 2 fully saturated rings. The van der Waals surface area contributed by atoms with Gasteiger partial charge in [-0.3, -0.25) is 4.79 Å². The molecule has 2 saturated carbocycles. The molecule has 0 spiro atoms. The van der Waals surface area contributed by atoms with E-state index in [1.165, 1.54) is 38.5 Å². The number of amides is 1. The summed E-state index contributed by atoms with van der Waals surface area (Å²) in [6.45, 7) is 2.02. The Labute approximate surface area is 134 Å². The maximum absolute atomic E-state index is 13.1. The van der Waals surface area contributed by atoms with Crippen molar-refractivity contribution in [2.75, 3.05) is 0 Å². The molecule has 1 amide bonds. The molecule has 0 bridgehead atoms. The van der Waals surface area contributed by atoms with Gasteiger partial charge in [0.2, 0.25) is 5.91 Å². The molecule has 2 rings (SSSR count). The first-order valence-corrected chi connectivity index (χ1v) is 9.17. The van der Waals surface area contributed by atoms with Crippen LogP contribution in [-0.2, 0) is 4.79 Å². The van der Waals surface area contributed by atoms with Crippen LogP contribution in [0, 0.1) is 5.92 Å². The second kappa shape index (κ2) is 8.11. The Kier molecular flexibility index (Phi) is 6.46. The summed E-state index contributed by atoms with van der Waals surface area (Å²) in [5, 5.41) is 0. The van der Waals surface area contributed by atoms with Crippen molar-refractivity contribution in [3.05, 3.63) is 0 Å². The highest BCUT2D eigenvalue weighted by atomic mass is 32.1. The van der Waals surface area contributed by atoms with Crippen LogP contribution in [0.5, 0.6) is 0 Å². The fourth-order valence-corrected chi connectivity index (χ4v) is 4.32. The number of nitrogens with zero attached hydrogens (tertiary/aromatic N) is 1. The van der Waals surface area contributed by atoms with Gasteiger partial charge in [-0.25, -0.2) is 0 Å². The lowest BCUT2D eigenvalue weighted by Gasteiger charge is -2.43. The lowest BCUT2D eigenvalue weighted by molar-refractivity contribution is -0.140. The summed E-state index contributed by atoms with van der Waals surface area (Å²) in [4.78, 5) is 15.7. The number of carbonyl (C=O) groups is 1. The van der Waals surface area contributed by atoms with Crippen molar-refractivity contribution in [2.45, 2.75) is 89.6 Å². The topological polar surface area (TPSA) is 46.3 Å². The smallest absolute Gasteiger partial charge is 0.232 e. The summed E-state index contributed by atoms with van der Waals surface area (Å²) in [7, 11) is 0. The van der Waals surface area contributed by atoms with Crippen molar-refractivity contribution in [1.82, 2.24) is 4.90 Å². The summed E-state index contributed by atoms with van der Waals surface area (Å²) in [5.41, 5.74) is 5.83. The minimum absolute atomic E-state index is 0.212. The SMILES string of the molecule is CCC(C(=O)N(C1CCCCC1)C1CCCCC1)C(N)=S. The van der Waals surface area contributed by atoms with E-state index in [9.17, 15) is 4.79 Å². The van der Waals surface area contributed by atoms with Crippen molar-refractivity contribution in [3.63, 3.8) is 0 Å². The summed E-state index contributed by atoms with van der Waals surface area (Å²) in [6, 6.07) is 0.857. The Morgan fingerprint density at radius 1 is 1.05 bits per heavy atom. The van der Waals surface area contributed by atoms with Gasteiger partial charge in [0.15, 0.2) is 0 Å². The van der Waals surface area contributed by atoms with Crippen LogP contribution < -0.4 is 5.73 Å². The van der Waals surface area contributed by atoms with Crippen molar-refractivity contribution in [3.8, 4) is 0 Å². The average Bonchev–Trinajstić information content (AvgIpc) is 2.50. The normalized spacial score (nSPS) is 22.7. The van der Waals surface area contributed by atoms with Crippen LogP contribution in [0.3, 0.4) is 0 Å². The standard InChI is InChI=1S/C17H30N2OS/c1-2-15(16(18)21)17(20)19(13-9-5-3-6-10-13)14-11-7-4-8-12-14/h13-15H,2-12H2,1H3,(H2,18,21). The monoisotopic (exact) mass is 310 g/mol. The Morgan fingerprint density at radius 2 is 1.48 bits per heavy atom. The van der Waals surface area contributed by atoms with E-state index in [2.05, 4.69) is 4.90 Å². The van der Waals surface area contributed by atoms with Gasteiger partial charge >= 0.3 is 0 Å². The van der Waals surface area contributed by atoms with Crippen LogP contribution >= 0.6 is 12.2 Å². The minimum atomic E-state index is -0.260. The highest BCUT2D eigenvalue weighted by Gasteiger charge is 2.36. The molecule has 0 heterocycles. The number of hydrogen-bond donors (Lipinski definition) is 1. The molecule has 120 valence electrons. The van der Waals surface area contributed by atoms with Crippen molar-refractivity contribution in [2.24, 2.45) is 11.7 Å². The van der Waals surface area contributed by atoms with Gasteiger partial charge in [-0.05, 0) is 32.1 Å². The second-order valence-electron chi connectivity index (χ2n) is 6.69. The van der Waals surface area contributed by atoms with Crippen LogP contribution in [0.25, 0.3) is 0 Å². The molecule has 1 atom stereocenters. The number of hydrogen-bond acceptors (Lipinski definition) is 2. The highest BCUT2D eigenvalue weighted by Crippen LogP contribution is 2.31. The molecule has 0 aliphatic heterocycles. The molecule has 21 heavy (non-hydrogen) atoms. The summed E-state index contributed by atoms with van der Waals surface area (Å²) >= 11 is 5.14. The van der Waals surface area contributed by atoms with E-state index in [0.29, 0.717) is 17.1 Å². The zero-order valence-electron chi connectivity index (χ0n) is 13.4. The first-order valence-electron chi connectivity index (χ1n) is 8.76. The van der Waals surface area contributed by atoms with Gasteiger partial charge in [-0.1, -0.05) is 57.7 Å². The predicted octanol–water partition coefficient (Wildman–Crippen LogP) is 3.79. The molecular formula is C17H30N2OS. The average molecular weight is 311 g/mol. The zero-order chi connectivity index (χ0) is 15.2. The predicted molar refractivity (Wildman–Crippen MR) is 91.2 cm³/mol. The van der Waals surface area contributed by atoms with E-state index < -0.39 is 0 Å². The summed E-state index contributed by atoms with van der Waals surface area (Å²) in [6.07, 6.45) is 13.0. The van der Waals surface area contributed by atoms with Crippen molar-refractivity contribution < 1.29 is 4.79 Å². The Balaban J connectivity index is 2.16. The minimum Gasteiger partial charge on any atom is -0.393 e. The molecular weight excluding hydrogens is 280 g/mol. The molecule has 0 aromatic rings. The molecule has 0 radical (unpaired) electrons. The van der Waals surface area contributed by atoms with E-state index in [1.807, 2.05) is 6.92 Å². The number of rotatable bonds is 5. The third-order valence-electron chi connectivity index (χ3n) is 5.24. The third-order valence-corrected chi connectivity index (χ3v) is 5.52. The quantitative estimate of drug-likeness (QED) is 0.786. The first-order chi connectivity index (χ1) is 10.1. The fourth-order valence-electron chi connectivity index (χ4n) is 4.05. The maximum atomic E-state index is 13.1.